The zero-order valence-corrected chi connectivity index (χ0v) is 30.4. The molecule has 11 rings (SSSR count). The van der Waals surface area contributed by atoms with E-state index in [9.17, 15) is 0 Å². The molecule has 0 aliphatic rings. The van der Waals surface area contributed by atoms with Crippen molar-refractivity contribution in [1.29, 1.82) is 0 Å². The van der Waals surface area contributed by atoms with Crippen LogP contribution in [0.4, 0.5) is 17.1 Å². The Morgan fingerprint density at radius 3 is 1.87 bits per heavy atom. The number of nitrogens with zero attached hydrogens (tertiary/aromatic N) is 3. The third-order valence-electron chi connectivity index (χ3n) is 10.5. The van der Waals surface area contributed by atoms with E-state index in [-0.39, 0.29) is 0 Å². The molecule has 2 aromatic heterocycles. The zero-order valence-electron chi connectivity index (χ0n) is 29.6. The molecule has 0 saturated carbocycles. The molecule has 5 heteroatoms. The van der Waals surface area contributed by atoms with Crippen molar-refractivity contribution in [3.63, 3.8) is 0 Å². The predicted molar refractivity (Wildman–Crippen MR) is 231 cm³/mol. The van der Waals surface area contributed by atoms with Crippen LogP contribution in [-0.4, -0.2) is 9.97 Å². The van der Waals surface area contributed by atoms with E-state index in [2.05, 4.69) is 163 Å². The first-order chi connectivity index (χ1) is 27.2. The van der Waals surface area contributed by atoms with Crippen LogP contribution in [0.1, 0.15) is 0 Å². The van der Waals surface area contributed by atoms with Gasteiger partial charge in [-0.2, -0.15) is 0 Å². The zero-order chi connectivity index (χ0) is 36.3. The van der Waals surface area contributed by atoms with Crippen LogP contribution in [0.3, 0.4) is 0 Å². The molecule has 0 unspecified atom stereocenters. The molecule has 0 amide bonds. The number of anilines is 3. The summed E-state index contributed by atoms with van der Waals surface area (Å²) >= 11 is 1.72. The number of hydrogen-bond donors (Lipinski definition) is 0. The number of thiazole rings is 1. The van der Waals surface area contributed by atoms with Crippen molar-refractivity contribution < 1.29 is 4.42 Å². The maximum atomic E-state index is 6.11. The fourth-order valence-electron chi connectivity index (χ4n) is 7.70. The maximum Gasteiger partial charge on any atom is 0.227 e. The lowest BCUT2D eigenvalue weighted by atomic mass is 9.94. The van der Waals surface area contributed by atoms with Gasteiger partial charge in [0.15, 0.2) is 5.58 Å². The first-order valence-electron chi connectivity index (χ1n) is 18.4. The molecule has 0 fully saturated rings. The molecule has 0 spiro atoms. The second kappa shape index (κ2) is 12.8. The highest BCUT2D eigenvalue weighted by Crippen LogP contribution is 2.40. The lowest BCUT2D eigenvalue weighted by molar-refractivity contribution is 0.620. The molecule has 0 bridgehead atoms. The molecule has 4 nitrogen and oxygen atoms in total. The second-order valence-electron chi connectivity index (χ2n) is 13.9. The van der Waals surface area contributed by atoms with E-state index >= 15 is 0 Å². The quantitative estimate of drug-likeness (QED) is 0.160. The Labute approximate surface area is 321 Å². The van der Waals surface area contributed by atoms with E-state index in [1.54, 1.807) is 11.3 Å². The van der Waals surface area contributed by atoms with Gasteiger partial charge in [0.25, 0.3) is 0 Å². The van der Waals surface area contributed by atoms with Gasteiger partial charge in [-0.3, -0.25) is 0 Å². The van der Waals surface area contributed by atoms with Crippen molar-refractivity contribution in [2.75, 3.05) is 4.90 Å². The number of rotatable bonds is 6. The van der Waals surface area contributed by atoms with Gasteiger partial charge in [-0.1, -0.05) is 84.9 Å². The van der Waals surface area contributed by atoms with Gasteiger partial charge in [-0.05, 0) is 147 Å². The number of para-hydroxylation sites is 3. The highest BCUT2D eigenvalue weighted by atomic mass is 32.1. The van der Waals surface area contributed by atoms with Crippen molar-refractivity contribution in [3.05, 3.63) is 188 Å². The minimum atomic E-state index is 0.610. The molecule has 0 saturated heterocycles. The third-order valence-corrected chi connectivity index (χ3v) is 11.6. The molecule has 0 radical (unpaired) electrons. The highest BCUT2D eigenvalue weighted by molar-refractivity contribution is 7.21. The summed E-state index contributed by atoms with van der Waals surface area (Å²) in [5.74, 6) is 0.610. The van der Waals surface area contributed by atoms with Gasteiger partial charge >= 0.3 is 0 Å². The lowest BCUT2D eigenvalue weighted by Crippen LogP contribution is -2.09. The molecular formula is C50H31N3OS. The second-order valence-corrected chi connectivity index (χ2v) is 14.9. The average molecular weight is 722 g/mol. The Morgan fingerprint density at radius 2 is 1.07 bits per heavy atom. The van der Waals surface area contributed by atoms with Crippen LogP contribution in [0.5, 0.6) is 0 Å². The van der Waals surface area contributed by atoms with Crippen molar-refractivity contribution in [2.45, 2.75) is 0 Å². The highest BCUT2D eigenvalue weighted by Gasteiger charge is 2.17. The summed E-state index contributed by atoms with van der Waals surface area (Å²) in [6, 6.07) is 66.7. The molecular weight excluding hydrogens is 691 g/mol. The number of oxazole rings is 1. The van der Waals surface area contributed by atoms with Crippen LogP contribution in [0.2, 0.25) is 0 Å². The van der Waals surface area contributed by atoms with Crippen LogP contribution in [0, 0.1) is 0 Å². The van der Waals surface area contributed by atoms with Crippen LogP contribution < -0.4 is 4.90 Å². The van der Waals surface area contributed by atoms with Crippen molar-refractivity contribution in [3.8, 4) is 33.2 Å². The average Bonchev–Trinajstić information content (AvgIpc) is 3.88. The van der Waals surface area contributed by atoms with E-state index in [4.69, 9.17) is 14.4 Å². The largest absolute Gasteiger partial charge is 0.436 e. The summed E-state index contributed by atoms with van der Waals surface area (Å²) in [6.07, 6.45) is 0. The molecule has 0 aliphatic heterocycles. The first-order valence-corrected chi connectivity index (χ1v) is 19.2. The van der Waals surface area contributed by atoms with Crippen LogP contribution in [-0.2, 0) is 0 Å². The minimum Gasteiger partial charge on any atom is -0.436 e. The van der Waals surface area contributed by atoms with Gasteiger partial charge < -0.3 is 9.32 Å². The fourth-order valence-corrected chi connectivity index (χ4v) is 8.68. The van der Waals surface area contributed by atoms with E-state index in [0.29, 0.717) is 5.89 Å². The van der Waals surface area contributed by atoms with E-state index in [0.717, 1.165) is 49.8 Å². The minimum absolute atomic E-state index is 0.610. The molecule has 2 heterocycles. The summed E-state index contributed by atoms with van der Waals surface area (Å²) < 4.78 is 7.30. The Balaban J connectivity index is 1.02. The molecule has 258 valence electrons. The summed E-state index contributed by atoms with van der Waals surface area (Å²) in [4.78, 5) is 12.0. The molecule has 9 aromatic carbocycles. The van der Waals surface area contributed by atoms with Crippen LogP contribution in [0.15, 0.2) is 192 Å². The number of benzene rings is 9. The third kappa shape index (κ3) is 5.61. The van der Waals surface area contributed by atoms with E-state index < -0.39 is 0 Å². The maximum absolute atomic E-state index is 6.11. The summed E-state index contributed by atoms with van der Waals surface area (Å²) in [6.45, 7) is 0. The summed E-state index contributed by atoms with van der Waals surface area (Å²) in [5.41, 5.74) is 10.3. The van der Waals surface area contributed by atoms with Gasteiger partial charge in [-0.15, -0.1) is 11.3 Å². The van der Waals surface area contributed by atoms with Gasteiger partial charge in [-0.25, -0.2) is 9.97 Å². The Bertz CT molecular complexity index is 3030. The number of fused-ring (bicyclic) bond motifs is 5. The molecule has 0 N–H and O–H groups in total. The number of aromatic nitrogens is 2. The van der Waals surface area contributed by atoms with Gasteiger partial charge in [0.05, 0.1) is 10.2 Å². The molecule has 11 aromatic rings. The Morgan fingerprint density at radius 1 is 0.418 bits per heavy atom. The lowest BCUT2D eigenvalue weighted by Gasteiger charge is -2.26. The topological polar surface area (TPSA) is 42.2 Å². The van der Waals surface area contributed by atoms with E-state index in [1.807, 2.05) is 30.3 Å². The summed E-state index contributed by atoms with van der Waals surface area (Å²) in [5, 5.41) is 8.38. The monoisotopic (exact) mass is 721 g/mol. The van der Waals surface area contributed by atoms with Gasteiger partial charge in [0, 0.05) is 28.2 Å². The van der Waals surface area contributed by atoms with Crippen LogP contribution >= 0.6 is 11.3 Å². The Kier molecular flexibility index (Phi) is 7.32. The molecule has 0 atom stereocenters. The molecule has 0 aliphatic carbocycles. The SMILES string of the molecule is c1ccc2cc3c(-c4ccc5ccc(N(c6ccc(-c7nc8ccccc8o7)cc6)c6ccc(-c7nc8ccccc8s7)cc6)cc5c4)cccc3cc2c1. The molecule has 55 heavy (non-hydrogen) atoms. The van der Waals surface area contributed by atoms with Crippen molar-refractivity contribution in [2.24, 2.45) is 0 Å². The van der Waals surface area contributed by atoms with Crippen molar-refractivity contribution >= 4 is 82.0 Å². The van der Waals surface area contributed by atoms with Crippen molar-refractivity contribution in [1.82, 2.24) is 9.97 Å². The first kappa shape index (κ1) is 31.4. The summed E-state index contributed by atoms with van der Waals surface area (Å²) in [7, 11) is 0. The smallest absolute Gasteiger partial charge is 0.227 e. The predicted octanol–water partition coefficient (Wildman–Crippen LogP) is 14.4. The normalized spacial score (nSPS) is 11.6. The number of hydrogen-bond acceptors (Lipinski definition) is 5. The van der Waals surface area contributed by atoms with Gasteiger partial charge in [0.1, 0.15) is 10.5 Å². The van der Waals surface area contributed by atoms with E-state index in [1.165, 1.54) is 48.1 Å². The standard InChI is InChI=1S/C50H31N3OS/c1-2-9-36-31-44-37(28-35(36)8-1)10-7-11-43(44)38-17-16-32-18-27-42(30-39(32)29-38)53(40-23-19-33(20-24-40)49-51-45-12-3-5-14-47(45)54-49)41-25-21-34(22-26-41)50-52-46-13-4-6-15-48(46)55-50/h1-31H. The van der Waals surface area contributed by atoms with Crippen LogP contribution in [0.25, 0.3) is 86.8 Å². The Hall–Kier alpha value is -7.08. The fraction of sp³-hybridized carbons (Fsp3) is 0. The van der Waals surface area contributed by atoms with Gasteiger partial charge in [0.2, 0.25) is 5.89 Å².